The summed E-state index contributed by atoms with van der Waals surface area (Å²) in [6, 6.07) is 4.76. The number of nitro groups is 1. The van der Waals surface area contributed by atoms with Crippen LogP contribution in [0, 0.1) is 17.0 Å². The van der Waals surface area contributed by atoms with E-state index in [1.807, 2.05) is 13.0 Å². The van der Waals surface area contributed by atoms with Gasteiger partial charge in [0.2, 0.25) is 0 Å². The Labute approximate surface area is 87.2 Å². The van der Waals surface area contributed by atoms with Gasteiger partial charge in [-0.1, -0.05) is 12.2 Å². The van der Waals surface area contributed by atoms with Crippen molar-refractivity contribution >= 4 is 23.4 Å². The maximum atomic E-state index is 10.4. The van der Waals surface area contributed by atoms with Gasteiger partial charge in [0.25, 0.3) is 5.69 Å². The molecule has 0 amide bonds. The number of allylic oxidation sites excluding steroid dienone is 1. The van der Waals surface area contributed by atoms with Gasteiger partial charge in [-0.15, -0.1) is 11.6 Å². The molecule has 0 atom stereocenters. The molecule has 0 aliphatic carbocycles. The molecular weight excluding hydrogens is 202 g/mol. The van der Waals surface area contributed by atoms with Gasteiger partial charge in [-0.3, -0.25) is 10.1 Å². The molecule has 0 radical (unpaired) electrons. The molecule has 74 valence electrons. The molecule has 0 spiro atoms. The summed E-state index contributed by atoms with van der Waals surface area (Å²) in [7, 11) is 0. The lowest BCUT2D eigenvalue weighted by Crippen LogP contribution is -1.89. The number of hydrogen-bond donors (Lipinski definition) is 0. The van der Waals surface area contributed by atoms with Crippen molar-refractivity contribution in [1.82, 2.24) is 0 Å². The zero-order chi connectivity index (χ0) is 10.6. The predicted molar refractivity (Wildman–Crippen MR) is 57.6 cm³/mol. The van der Waals surface area contributed by atoms with Gasteiger partial charge in [-0.05, 0) is 24.1 Å². The Morgan fingerprint density at radius 2 is 2.29 bits per heavy atom. The highest BCUT2D eigenvalue weighted by atomic mass is 35.5. The largest absolute Gasteiger partial charge is 0.269 e. The number of nitrogens with zero attached hydrogens (tertiary/aromatic N) is 1. The minimum atomic E-state index is -0.401. The molecule has 0 saturated carbocycles. The van der Waals surface area contributed by atoms with Crippen molar-refractivity contribution in [3.63, 3.8) is 0 Å². The SMILES string of the molecule is Cc1cc([N+](=O)[O-])ccc1C=CCCl. The first kappa shape index (κ1) is 10.7. The fourth-order valence-corrected chi connectivity index (χ4v) is 1.22. The highest BCUT2D eigenvalue weighted by Crippen LogP contribution is 2.18. The summed E-state index contributed by atoms with van der Waals surface area (Å²) in [4.78, 5) is 10.0. The molecule has 0 saturated heterocycles. The summed E-state index contributed by atoms with van der Waals surface area (Å²) in [5.41, 5.74) is 1.95. The highest BCUT2D eigenvalue weighted by molar-refractivity contribution is 6.19. The van der Waals surface area contributed by atoms with Crippen LogP contribution in [0.25, 0.3) is 6.08 Å². The van der Waals surface area contributed by atoms with Crippen LogP contribution in [0.2, 0.25) is 0 Å². The van der Waals surface area contributed by atoms with Gasteiger partial charge in [-0.25, -0.2) is 0 Å². The van der Waals surface area contributed by atoms with E-state index in [0.717, 1.165) is 11.1 Å². The number of nitro benzene ring substituents is 1. The first-order valence-electron chi connectivity index (χ1n) is 4.12. The monoisotopic (exact) mass is 211 g/mol. The third-order valence-corrected chi connectivity index (χ3v) is 2.03. The first-order chi connectivity index (χ1) is 6.65. The second-order valence-electron chi connectivity index (χ2n) is 2.85. The van der Waals surface area contributed by atoms with Crippen LogP contribution in [-0.2, 0) is 0 Å². The smallest absolute Gasteiger partial charge is 0.258 e. The van der Waals surface area contributed by atoms with E-state index >= 15 is 0 Å². The normalized spacial score (nSPS) is 10.7. The maximum Gasteiger partial charge on any atom is 0.269 e. The fourth-order valence-electron chi connectivity index (χ4n) is 1.13. The molecule has 1 aromatic carbocycles. The van der Waals surface area contributed by atoms with Crippen LogP contribution < -0.4 is 0 Å². The van der Waals surface area contributed by atoms with Crippen LogP contribution in [0.3, 0.4) is 0 Å². The molecule has 0 unspecified atom stereocenters. The van der Waals surface area contributed by atoms with Crippen molar-refractivity contribution in [2.45, 2.75) is 6.92 Å². The summed E-state index contributed by atoms with van der Waals surface area (Å²) in [5.74, 6) is 0.441. The van der Waals surface area contributed by atoms with Gasteiger partial charge in [-0.2, -0.15) is 0 Å². The Bertz CT molecular complexity index is 374. The lowest BCUT2D eigenvalue weighted by molar-refractivity contribution is -0.384. The molecule has 4 heteroatoms. The second-order valence-corrected chi connectivity index (χ2v) is 3.16. The number of hydrogen-bond acceptors (Lipinski definition) is 2. The Morgan fingerprint density at radius 3 is 2.79 bits per heavy atom. The summed E-state index contributed by atoms with van der Waals surface area (Å²) < 4.78 is 0. The lowest BCUT2D eigenvalue weighted by atomic mass is 10.1. The Hall–Kier alpha value is -1.35. The minimum Gasteiger partial charge on any atom is -0.258 e. The van der Waals surface area contributed by atoms with Gasteiger partial charge in [0.05, 0.1) is 4.92 Å². The molecule has 14 heavy (non-hydrogen) atoms. The Balaban J connectivity index is 3.01. The van der Waals surface area contributed by atoms with Gasteiger partial charge in [0.15, 0.2) is 0 Å². The van der Waals surface area contributed by atoms with E-state index in [1.54, 1.807) is 18.2 Å². The molecule has 0 aromatic heterocycles. The summed E-state index contributed by atoms with van der Waals surface area (Å²) in [6.45, 7) is 1.83. The van der Waals surface area contributed by atoms with E-state index in [1.165, 1.54) is 6.07 Å². The first-order valence-corrected chi connectivity index (χ1v) is 4.66. The number of alkyl halides is 1. The number of rotatable bonds is 3. The summed E-state index contributed by atoms with van der Waals surface area (Å²) >= 11 is 5.49. The van der Waals surface area contributed by atoms with E-state index < -0.39 is 4.92 Å². The highest BCUT2D eigenvalue weighted by Gasteiger charge is 2.05. The molecule has 1 aromatic rings. The molecule has 0 fully saturated rings. The number of benzene rings is 1. The number of non-ortho nitro benzene ring substituents is 1. The zero-order valence-corrected chi connectivity index (χ0v) is 8.49. The molecule has 1 rings (SSSR count). The minimum absolute atomic E-state index is 0.116. The topological polar surface area (TPSA) is 43.1 Å². The van der Waals surface area contributed by atoms with E-state index in [-0.39, 0.29) is 5.69 Å². The summed E-state index contributed by atoms with van der Waals surface area (Å²) in [5, 5.41) is 10.4. The molecular formula is C10H10ClNO2. The Morgan fingerprint density at radius 1 is 1.57 bits per heavy atom. The second kappa shape index (κ2) is 4.77. The number of aryl methyl sites for hydroxylation is 1. The van der Waals surface area contributed by atoms with Crippen LogP contribution in [0.4, 0.5) is 5.69 Å². The van der Waals surface area contributed by atoms with E-state index in [2.05, 4.69) is 0 Å². The van der Waals surface area contributed by atoms with E-state index in [0.29, 0.717) is 5.88 Å². The Kier molecular flexibility index (Phi) is 3.65. The van der Waals surface area contributed by atoms with Gasteiger partial charge >= 0.3 is 0 Å². The standard InChI is InChI=1S/C10H10ClNO2/c1-8-7-10(12(13)14)5-4-9(8)3-2-6-11/h2-5,7H,6H2,1H3. The van der Waals surface area contributed by atoms with Crippen LogP contribution in [0.5, 0.6) is 0 Å². The van der Waals surface area contributed by atoms with Crippen molar-refractivity contribution in [2.24, 2.45) is 0 Å². The van der Waals surface area contributed by atoms with Crippen LogP contribution in [-0.4, -0.2) is 10.8 Å². The van der Waals surface area contributed by atoms with Crippen LogP contribution in [0.1, 0.15) is 11.1 Å². The molecule has 3 nitrogen and oxygen atoms in total. The third kappa shape index (κ3) is 2.57. The molecule has 0 aliphatic heterocycles. The fraction of sp³-hybridized carbons (Fsp3) is 0.200. The van der Waals surface area contributed by atoms with Crippen LogP contribution in [0.15, 0.2) is 24.3 Å². The van der Waals surface area contributed by atoms with Crippen LogP contribution >= 0.6 is 11.6 Å². The van der Waals surface area contributed by atoms with Crippen molar-refractivity contribution in [3.05, 3.63) is 45.5 Å². The molecule has 0 aliphatic rings. The zero-order valence-electron chi connectivity index (χ0n) is 7.74. The molecule has 0 heterocycles. The average Bonchev–Trinajstić information content (AvgIpc) is 2.15. The number of halogens is 1. The molecule has 0 N–H and O–H groups in total. The average molecular weight is 212 g/mol. The maximum absolute atomic E-state index is 10.4. The van der Waals surface area contributed by atoms with Crippen molar-refractivity contribution in [3.8, 4) is 0 Å². The van der Waals surface area contributed by atoms with E-state index in [9.17, 15) is 10.1 Å². The lowest BCUT2D eigenvalue weighted by Gasteiger charge is -1.99. The van der Waals surface area contributed by atoms with Gasteiger partial charge in [0, 0.05) is 18.0 Å². The quantitative estimate of drug-likeness (QED) is 0.438. The third-order valence-electron chi connectivity index (χ3n) is 1.85. The molecule has 0 bridgehead atoms. The predicted octanol–water partition coefficient (Wildman–Crippen LogP) is 3.16. The summed E-state index contributed by atoms with van der Waals surface area (Å²) in [6.07, 6.45) is 3.65. The van der Waals surface area contributed by atoms with Gasteiger partial charge in [0.1, 0.15) is 0 Å². The van der Waals surface area contributed by atoms with Gasteiger partial charge < -0.3 is 0 Å². The van der Waals surface area contributed by atoms with Crippen molar-refractivity contribution < 1.29 is 4.92 Å². The van der Waals surface area contributed by atoms with Crippen molar-refractivity contribution in [2.75, 3.05) is 5.88 Å². The van der Waals surface area contributed by atoms with Crippen molar-refractivity contribution in [1.29, 1.82) is 0 Å². The van der Waals surface area contributed by atoms with E-state index in [4.69, 9.17) is 11.6 Å².